The summed E-state index contributed by atoms with van der Waals surface area (Å²) in [5.74, 6) is 0.103. The standard InChI is InChI=1S/C12H17NO/c1-9-5-6-10(2)12(7-9)8-13(4)11(3)14/h5-7H,8H2,1-4H3. The van der Waals surface area contributed by atoms with Crippen LogP contribution in [-0.2, 0) is 11.3 Å². The first-order valence-corrected chi connectivity index (χ1v) is 4.78. The predicted molar refractivity (Wildman–Crippen MR) is 58.1 cm³/mol. The van der Waals surface area contributed by atoms with Crippen LogP contribution < -0.4 is 0 Å². The van der Waals surface area contributed by atoms with Crippen molar-refractivity contribution in [2.45, 2.75) is 27.3 Å². The zero-order chi connectivity index (χ0) is 10.7. The first-order valence-electron chi connectivity index (χ1n) is 4.78. The fourth-order valence-corrected chi connectivity index (χ4v) is 1.34. The number of rotatable bonds is 2. The predicted octanol–water partition coefficient (Wildman–Crippen LogP) is 2.28. The molecule has 76 valence electrons. The molecule has 2 heteroatoms. The van der Waals surface area contributed by atoms with E-state index in [1.165, 1.54) is 16.7 Å². The van der Waals surface area contributed by atoms with Gasteiger partial charge in [0.1, 0.15) is 0 Å². The van der Waals surface area contributed by atoms with Crippen molar-refractivity contribution in [1.29, 1.82) is 0 Å². The van der Waals surface area contributed by atoms with Gasteiger partial charge in [-0.05, 0) is 25.0 Å². The van der Waals surface area contributed by atoms with E-state index >= 15 is 0 Å². The molecule has 1 amide bonds. The minimum absolute atomic E-state index is 0.103. The number of nitrogens with zero attached hydrogens (tertiary/aromatic N) is 1. The van der Waals surface area contributed by atoms with Gasteiger partial charge in [0.15, 0.2) is 0 Å². The van der Waals surface area contributed by atoms with E-state index in [2.05, 4.69) is 32.0 Å². The number of hydrogen-bond donors (Lipinski definition) is 0. The van der Waals surface area contributed by atoms with Crippen LogP contribution in [-0.4, -0.2) is 17.9 Å². The fourth-order valence-electron chi connectivity index (χ4n) is 1.34. The number of aryl methyl sites for hydroxylation is 2. The van der Waals surface area contributed by atoms with Gasteiger partial charge in [0.05, 0.1) is 0 Å². The van der Waals surface area contributed by atoms with Crippen molar-refractivity contribution in [3.05, 3.63) is 34.9 Å². The number of amides is 1. The summed E-state index contributed by atoms with van der Waals surface area (Å²) < 4.78 is 0. The molecule has 0 spiro atoms. The van der Waals surface area contributed by atoms with Crippen LogP contribution in [0.2, 0.25) is 0 Å². The van der Waals surface area contributed by atoms with E-state index in [4.69, 9.17) is 0 Å². The lowest BCUT2D eigenvalue weighted by atomic mass is 10.1. The van der Waals surface area contributed by atoms with Gasteiger partial charge in [0, 0.05) is 20.5 Å². The lowest BCUT2D eigenvalue weighted by molar-refractivity contribution is -0.128. The third-order valence-electron chi connectivity index (χ3n) is 2.45. The maximum atomic E-state index is 11.1. The summed E-state index contributed by atoms with van der Waals surface area (Å²) in [4.78, 5) is 12.8. The van der Waals surface area contributed by atoms with Crippen LogP contribution in [0.15, 0.2) is 18.2 Å². The smallest absolute Gasteiger partial charge is 0.219 e. The molecule has 0 saturated carbocycles. The van der Waals surface area contributed by atoms with E-state index in [1.54, 1.807) is 11.8 Å². The van der Waals surface area contributed by atoms with Crippen molar-refractivity contribution in [3.8, 4) is 0 Å². The van der Waals surface area contributed by atoms with E-state index in [9.17, 15) is 4.79 Å². The number of carbonyl (C=O) groups excluding carboxylic acids is 1. The lowest BCUT2D eigenvalue weighted by Gasteiger charge is -2.16. The maximum Gasteiger partial charge on any atom is 0.219 e. The molecule has 2 nitrogen and oxygen atoms in total. The summed E-state index contributed by atoms with van der Waals surface area (Å²) in [7, 11) is 1.82. The van der Waals surface area contributed by atoms with E-state index in [1.807, 2.05) is 7.05 Å². The van der Waals surface area contributed by atoms with Crippen LogP contribution in [0, 0.1) is 13.8 Å². The molecule has 14 heavy (non-hydrogen) atoms. The number of hydrogen-bond acceptors (Lipinski definition) is 1. The van der Waals surface area contributed by atoms with Crippen molar-refractivity contribution < 1.29 is 4.79 Å². The lowest BCUT2D eigenvalue weighted by Crippen LogP contribution is -2.23. The Bertz CT molecular complexity index is 344. The van der Waals surface area contributed by atoms with Gasteiger partial charge in [-0.25, -0.2) is 0 Å². The fraction of sp³-hybridized carbons (Fsp3) is 0.417. The highest BCUT2D eigenvalue weighted by Gasteiger charge is 2.05. The minimum atomic E-state index is 0.103. The third-order valence-corrected chi connectivity index (χ3v) is 2.45. The number of carbonyl (C=O) groups is 1. The normalized spacial score (nSPS) is 10.0. The molecule has 0 bridgehead atoms. The van der Waals surface area contributed by atoms with E-state index in [0.717, 1.165) is 0 Å². The van der Waals surface area contributed by atoms with Gasteiger partial charge >= 0.3 is 0 Å². The molecule has 0 heterocycles. The molecule has 0 unspecified atom stereocenters. The summed E-state index contributed by atoms with van der Waals surface area (Å²) in [6.45, 7) is 6.42. The Hall–Kier alpha value is -1.31. The van der Waals surface area contributed by atoms with Crippen molar-refractivity contribution in [2.24, 2.45) is 0 Å². The highest BCUT2D eigenvalue weighted by atomic mass is 16.2. The molecule has 0 aliphatic rings. The quantitative estimate of drug-likeness (QED) is 0.702. The Morgan fingerprint density at radius 3 is 2.57 bits per heavy atom. The topological polar surface area (TPSA) is 20.3 Å². The molecular formula is C12H17NO. The maximum absolute atomic E-state index is 11.1. The Morgan fingerprint density at radius 1 is 1.36 bits per heavy atom. The Kier molecular flexibility index (Phi) is 3.28. The molecule has 0 aliphatic carbocycles. The van der Waals surface area contributed by atoms with E-state index in [0.29, 0.717) is 6.54 Å². The van der Waals surface area contributed by atoms with Gasteiger partial charge in [-0.15, -0.1) is 0 Å². The zero-order valence-electron chi connectivity index (χ0n) is 9.29. The second-order valence-corrected chi connectivity index (χ2v) is 3.81. The average Bonchev–Trinajstić information content (AvgIpc) is 2.11. The third kappa shape index (κ3) is 2.59. The second-order valence-electron chi connectivity index (χ2n) is 3.81. The van der Waals surface area contributed by atoms with E-state index < -0.39 is 0 Å². The average molecular weight is 191 g/mol. The van der Waals surface area contributed by atoms with Crippen LogP contribution >= 0.6 is 0 Å². The Balaban J connectivity index is 2.85. The molecule has 0 saturated heterocycles. The van der Waals surface area contributed by atoms with Crippen LogP contribution in [0.3, 0.4) is 0 Å². The van der Waals surface area contributed by atoms with Crippen LogP contribution in [0.1, 0.15) is 23.6 Å². The first-order chi connectivity index (χ1) is 6.50. The minimum Gasteiger partial charge on any atom is -0.342 e. The van der Waals surface area contributed by atoms with Gasteiger partial charge in [-0.1, -0.05) is 23.8 Å². The largest absolute Gasteiger partial charge is 0.342 e. The van der Waals surface area contributed by atoms with Gasteiger partial charge in [-0.2, -0.15) is 0 Å². The van der Waals surface area contributed by atoms with Crippen molar-refractivity contribution >= 4 is 5.91 Å². The molecule has 1 rings (SSSR count). The summed E-state index contributed by atoms with van der Waals surface area (Å²) in [5, 5.41) is 0. The van der Waals surface area contributed by atoms with Crippen LogP contribution in [0.25, 0.3) is 0 Å². The highest BCUT2D eigenvalue weighted by Crippen LogP contribution is 2.12. The summed E-state index contributed by atoms with van der Waals surface area (Å²) in [6, 6.07) is 6.32. The molecule has 1 aromatic rings. The first kappa shape index (κ1) is 10.8. The molecule has 0 aromatic heterocycles. The molecular weight excluding hydrogens is 174 g/mol. The second kappa shape index (κ2) is 4.27. The molecule has 0 atom stereocenters. The van der Waals surface area contributed by atoms with Gasteiger partial charge < -0.3 is 4.90 Å². The summed E-state index contributed by atoms with van der Waals surface area (Å²) in [5.41, 5.74) is 3.70. The van der Waals surface area contributed by atoms with Crippen molar-refractivity contribution in [1.82, 2.24) is 4.90 Å². The van der Waals surface area contributed by atoms with Crippen molar-refractivity contribution in [2.75, 3.05) is 7.05 Å². The molecule has 0 aliphatic heterocycles. The zero-order valence-corrected chi connectivity index (χ0v) is 9.29. The van der Waals surface area contributed by atoms with Gasteiger partial charge in [-0.3, -0.25) is 4.79 Å². The number of benzene rings is 1. The highest BCUT2D eigenvalue weighted by molar-refractivity contribution is 5.72. The molecule has 1 aromatic carbocycles. The monoisotopic (exact) mass is 191 g/mol. The van der Waals surface area contributed by atoms with Crippen LogP contribution in [0.5, 0.6) is 0 Å². The molecule has 0 radical (unpaired) electrons. The van der Waals surface area contributed by atoms with Crippen LogP contribution in [0.4, 0.5) is 0 Å². The molecule has 0 N–H and O–H groups in total. The van der Waals surface area contributed by atoms with Crippen molar-refractivity contribution in [3.63, 3.8) is 0 Å². The SMILES string of the molecule is CC(=O)N(C)Cc1cc(C)ccc1C. The van der Waals surface area contributed by atoms with E-state index in [-0.39, 0.29) is 5.91 Å². The van der Waals surface area contributed by atoms with Gasteiger partial charge in [0.2, 0.25) is 5.91 Å². The Morgan fingerprint density at radius 2 is 2.00 bits per heavy atom. The summed E-state index contributed by atoms with van der Waals surface area (Å²) in [6.07, 6.45) is 0. The molecule has 0 fully saturated rings. The summed E-state index contributed by atoms with van der Waals surface area (Å²) >= 11 is 0. The van der Waals surface area contributed by atoms with Gasteiger partial charge in [0.25, 0.3) is 0 Å². The Labute approximate surface area is 85.5 Å².